The predicted molar refractivity (Wildman–Crippen MR) is 53.6 cm³/mol. The van der Waals surface area contributed by atoms with Crippen molar-refractivity contribution in [2.45, 2.75) is 0 Å². The van der Waals surface area contributed by atoms with Gasteiger partial charge in [-0.2, -0.15) is 15.4 Å². The van der Waals surface area contributed by atoms with Gasteiger partial charge in [-0.05, 0) is 0 Å². The number of nitrogens with one attached hydrogen (secondary N) is 3. The SMILES string of the molecule is COCCNC(=O)CNC(=O)c1cn[nH]n1. The van der Waals surface area contributed by atoms with Gasteiger partial charge < -0.3 is 15.4 Å². The van der Waals surface area contributed by atoms with E-state index in [1.165, 1.54) is 6.20 Å². The van der Waals surface area contributed by atoms with Crippen LogP contribution in [0.25, 0.3) is 0 Å². The van der Waals surface area contributed by atoms with Crippen LogP contribution in [0, 0.1) is 0 Å². The molecule has 0 radical (unpaired) electrons. The van der Waals surface area contributed by atoms with Crippen molar-refractivity contribution in [3.05, 3.63) is 11.9 Å². The molecule has 0 bridgehead atoms. The molecular weight excluding hydrogens is 214 g/mol. The van der Waals surface area contributed by atoms with E-state index < -0.39 is 5.91 Å². The van der Waals surface area contributed by atoms with Crippen LogP contribution in [-0.2, 0) is 9.53 Å². The molecule has 1 heterocycles. The van der Waals surface area contributed by atoms with E-state index in [1.807, 2.05) is 0 Å². The van der Waals surface area contributed by atoms with Crippen LogP contribution in [0.3, 0.4) is 0 Å². The number of amides is 2. The van der Waals surface area contributed by atoms with E-state index in [0.717, 1.165) is 0 Å². The van der Waals surface area contributed by atoms with E-state index in [1.54, 1.807) is 7.11 Å². The Labute approximate surface area is 91.7 Å². The number of methoxy groups -OCH3 is 1. The second kappa shape index (κ2) is 6.51. The van der Waals surface area contributed by atoms with E-state index >= 15 is 0 Å². The van der Waals surface area contributed by atoms with Gasteiger partial charge >= 0.3 is 0 Å². The van der Waals surface area contributed by atoms with Gasteiger partial charge in [0.05, 0.1) is 19.3 Å². The number of carbonyl (C=O) groups is 2. The van der Waals surface area contributed by atoms with Crippen LogP contribution in [0.5, 0.6) is 0 Å². The van der Waals surface area contributed by atoms with Crippen LogP contribution in [0.2, 0.25) is 0 Å². The zero-order chi connectivity index (χ0) is 11.8. The second-order valence-corrected chi connectivity index (χ2v) is 2.88. The molecule has 88 valence electrons. The molecule has 0 saturated carbocycles. The highest BCUT2D eigenvalue weighted by atomic mass is 16.5. The Balaban J connectivity index is 2.19. The van der Waals surface area contributed by atoms with Crippen LogP contribution >= 0.6 is 0 Å². The molecule has 0 aliphatic rings. The predicted octanol–water partition coefficient (Wildman–Crippen LogP) is -1.70. The molecule has 0 atom stereocenters. The summed E-state index contributed by atoms with van der Waals surface area (Å²) in [6.07, 6.45) is 1.28. The van der Waals surface area contributed by atoms with Gasteiger partial charge in [0.2, 0.25) is 5.91 Å². The Morgan fingerprint density at radius 2 is 2.31 bits per heavy atom. The van der Waals surface area contributed by atoms with Gasteiger partial charge in [0.1, 0.15) is 0 Å². The van der Waals surface area contributed by atoms with Crippen molar-refractivity contribution in [3.63, 3.8) is 0 Å². The van der Waals surface area contributed by atoms with Crippen LogP contribution in [0.4, 0.5) is 0 Å². The Bertz CT molecular complexity index is 337. The molecule has 0 aromatic carbocycles. The third-order valence-corrected chi connectivity index (χ3v) is 1.69. The smallest absolute Gasteiger partial charge is 0.273 e. The fraction of sp³-hybridized carbons (Fsp3) is 0.500. The van der Waals surface area contributed by atoms with Crippen LogP contribution in [-0.4, -0.2) is 54.0 Å². The van der Waals surface area contributed by atoms with E-state index in [-0.39, 0.29) is 18.1 Å². The molecule has 0 fully saturated rings. The number of hydrogen-bond acceptors (Lipinski definition) is 5. The second-order valence-electron chi connectivity index (χ2n) is 2.88. The molecule has 0 spiro atoms. The molecule has 8 nitrogen and oxygen atoms in total. The standard InChI is InChI=1S/C8H13N5O3/c1-16-3-2-9-7(14)5-10-8(15)6-4-11-13-12-6/h4H,2-3,5H2,1H3,(H,9,14)(H,10,15)(H,11,12,13). The molecule has 0 unspecified atom stereocenters. The van der Waals surface area contributed by atoms with Crippen LogP contribution < -0.4 is 10.6 Å². The Morgan fingerprint density at radius 1 is 1.50 bits per heavy atom. The average molecular weight is 227 g/mol. The van der Waals surface area contributed by atoms with E-state index in [2.05, 4.69) is 26.0 Å². The zero-order valence-electron chi connectivity index (χ0n) is 8.82. The number of carbonyl (C=O) groups excluding carboxylic acids is 2. The summed E-state index contributed by atoms with van der Waals surface area (Å²) in [5.41, 5.74) is 0.143. The molecule has 0 aliphatic heterocycles. The maximum absolute atomic E-state index is 11.3. The lowest BCUT2D eigenvalue weighted by Crippen LogP contribution is -2.38. The monoisotopic (exact) mass is 227 g/mol. The number of rotatable bonds is 6. The number of aromatic nitrogens is 3. The maximum Gasteiger partial charge on any atom is 0.273 e. The van der Waals surface area contributed by atoms with Crippen molar-refractivity contribution < 1.29 is 14.3 Å². The zero-order valence-corrected chi connectivity index (χ0v) is 8.82. The minimum absolute atomic E-state index is 0.102. The molecule has 0 saturated heterocycles. The van der Waals surface area contributed by atoms with Crippen molar-refractivity contribution in [2.24, 2.45) is 0 Å². The Kier molecular flexibility index (Phi) is 4.93. The minimum Gasteiger partial charge on any atom is -0.383 e. The van der Waals surface area contributed by atoms with E-state index in [4.69, 9.17) is 4.74 Å². The average Bonchev–Trinajstić information content (AvgIpc) is 2.79. The largest absolute Gasteiger partial charge is 0.383 e. The number of hydrogen-bond donors (Lipinski definition) is 3. The lowest BCUT2D eigenvalue weighted by molar-refractivity contribution is -0.120. The lowest BCUT2D eigenvalue weighted by atomic mass is 10.4. The van der Waals surface area contributed by atoms with Crippen molar-refractivity contribution in [1.82, 2.24) is 26.0 Å². The van der Waals surface area contributed by atoms with Gasteiger partial charge in [0, 0.05) is 13.7 Å². The summed E-state index contributed by atoms with van der Waals surface area (Å²) in [6.45, 7) is 0.744. The fourth-order valence-corrected chi connectivity index (χ4v) is 0.917. The highest BCUT2D eigenvalue weighted by molar-refractivity contribution is 5.94. The quantitative estimate of drug-likeness (QED) is 0.502. The van der Waals surface area contributed by atoms with Gasteiger partial charge in [-0.25, -0.2) is 0 Å². The third-order valence-electron chi connectivity index (χ3n) is 1.69. The van der Waals surface area contributed by atoms with Gasteiger partial charge in [-0.3, -0.25) is 9.59 Å². The first-order valence-electron chi connectivity index (χ1n) is 4.63. The van der Waals surface area contributed by atoms with E-state index in [0.29, 0.717) is 13.2 Å². The van der Waals surface area contributed by atoms with Gasteiger partial charge in [0.15, 0.2) is 5.69 Å². The molecule has 0 aliphatic carbocycles. The van der Waals surface area contributed by atoms with Crippen molar-refractivity contribution in [1.29, 1.82) is 0 Å². The molecule has 3 N–H and O–H groups in total. The molecular formula is C8H13N5O3. The van der Waals surface area contributed by atoms with Gasteiger partial charge in [0.25, 0.3) is 5.91 Å². The van der Waals surface area contributed by atoms with Crippen molar-refractivity contribution in [3.8, 4) is 0 Å². The number of nitrogens with zero attached hydrogens (tertiary/aromatic N) is 2. The lowest BCUT2D eigenvalue weighted by Gasteiger charge is -2.04. The highest BCUT2D eigenvalue weighted by Crippen LogP contribution is 1.86. The molecule has 16 heavy (non-hydrogen) atoms. The van der Waals surface area contributed by atoms with E-state index in [9.17, 15) is 9.59 Å². The van der Waals surface area contributed by atoms with Gasteiger partial charge in [-0.15, -0.1) is 0 Å². The fourth-order valence-electron chi connectivity index (χ4n) is 0.917. The van der Waals surface area contributed by atoms with Gasteiger partial charge in [-0.1, -0.05) is 0 Å². The first kappa shape index (κ1) is 12.1. The molecule has 8 heteroatoms. The number of ether oxygens (including phenoxy) is 1. The molecule has 1 aromatic rings. The topological polar surface area (TPSA) is 109 Å². The molecule has 1 rings (SSSR count). The summed E-state index contributed by atoms with van der Waals surface area (Å²) in [6, 6.07) is 0. The first-order chi connectivity index (χ1) is 7.74. The maximum atomic E-state index is 11.3. The molecule has 1 aromatic heterocycles. The summed E-state index contributed by atoms with van der Waals surface area (Å²) in [4.78, 5) is 22.5. The summed E-state index contributed by atoms with van der Waals surface area (Å²) >= 11 is 0. The normalized spacial score (nSPS) is 9.81. The first-order valence-corrected chi connectivity index (χ1v) is 4.63. The molecule has 2 amide bonds. The highest BCUT2D eigenvalue weighted by Gasteiger charge is 2.09. The van der Waals surface area contributed by atoms with Crippen molar-refractivity contribution >= 4 is 11.8 Å². The van der Waals surface area contributed by atoms with Crippen molar-refractivity contribution in [2.75, 3.05) is 26.8 Å². The summed E-state index contributed by atoms with van der Waals surface area (Å²) in [7, 11) is 1.54. The van der Waals surface area contributed by atoms with Crippen LogP contribution in [0.15, 0.2) is 6.20 Å². The number of aromatic amines is 1. The summed E-state index contributed by atoms with van der Waals surface area (Å²) in [5, 5.41) is 14.3. The van der Waals surface area contributed by atoms with Crippen LogP contribution in [0.1, 0.15) is 10.5 Å². The number of H-pyrrole nitrogens is 1. The summed E-state index contributed by atoms with van der Waals surface area (Å²) in [5.74, 6) is -0.732. The minimum atomic E-state index is -0.448. The summed E-state index contributed by atoms with van der Waals surface area (Å²) < 4.78 is 4.75. The third kappa shape index (κ3) is 4.05. The Hall–Kier alpha value is -1.96. The Morgan fingerprint density at radius 3 is 2.94 bits per heavy atom.